The Labute approximate surface area is 116 Å². The highest BCUT2D eigenvalue weighted by Gasteiger charge is 2.09. The van der Waals surface area contributed by atoms with Crippen molar-refractivity contribution in [3.05, 3.63) is 64.7 Å². The number of ether oxygens (including phenoxy) is 1. The first-order valence-corrected chi connectivity index (χ1v) is 6.15. The minimum Gasteiger partial charge on any atom is -0.488 e. The number of hydrogen-bond acceptors (Lipinski definition) is 2. The van der Waals surface area contributed by atoms with E-state index in [4.69, 9.17) is 4.74 Å². The van der Waals surface area contributed by atoms with Crippen LogP contribution in [0.4, 0.5) is 8.78 Å². The Balaban J connectivity index is 2.20. The molecule has 0 aromatic heterocycles. The molecule has 0 unspecified atom stereocenters. The number of Topliss-reactive ketones (excluding diaryl/α,β-unsaturated/α-hetero) is 1. The second kappa shape index (κ2) is 5.82. The van der Waals surface area contributed by atoms with Crippen LogP contribution in [0, 0.1) is 18.6 Å². The van der Waals surface area contributed by atoms with Gasteiger partial charge in [0.15, 0.2) is 5.78 Å². The van der Waals surface area contributed by atoms with E-state index in [1.807, 2.05) is 13.0 Å². The van der Waals surface area contributed by atoms with E-state index in [1.54, 1.807) is 12.1 Å². The van der Waals surface area contributed by atoms with Crippen LogP contribution in [0.1, 0.15) is 28.4 Å². The molecule has 0 amide bonds. The van der Waals surface area contributed by atoms with Crippen molar-refractivity contribution < 1.29 is 18.3 Å². The predicted molar refractivity (Wildman–Crippen MR) is 71.9 cm³/mol. The fraction of sp³-hybridized carbons (Fsp3) is 0.188. The molecule has 2 aromatic carbocycles. The summed E-state index contributed by atoms with van der Waals surface area (Å²) in [5.41, 5.74) is 1.78. The van der Waals surface area contributed by atoms with Gasteiger partial charge in [-0.25, -0.2) is 8.78 Å². The summed E-state index contributed by atoms with van der Waals surface area (Å²) in [6.07, 6.45) is 0. The van der Waals surface area contributed by atoms with Gasteiger partial charge in [0.1, 0.15) is 24.0 Å². The number of rotatable bonds is 4. The Hall–Kier alpha value is -2.23. The smallest absolute Gasteiger partial charge is 0.163 e. The van der Waals surface area contributed by atoms with Gasteiger partial charge in [-0.3, -0.25) is 4.79 Å². The van der Waals surface area contributed by atoms with Gasteiger partial charge in [-0.15, -0.1) is 0 Å². The van der Waals surface area contributed by atoms with Gasteiger partial charge in [0, 0.05) is 6.07 Å². The molecule has 0 aliphatic heterocycles. The van der Waals surface area contributed by atoms with Gasteiger partial charge >= 0.3 is 0 Å². The zero-order chi connectivity index (χ0) is 14.7. The maximum absolute atomic E-state index is 13.1. The first-order valence-electron chi connectivity index (χ1n) is 6.15. The molecule has 2 rings (SSSR count). The van der Waals surface area contributed by atoms with Crippen LogP contribution in [0.5, 0.6) is 5.75 Å². The van der Waals surface area contributed by atoms with Crippen molar-refractivity contribution in [1.82, 2.24) is 0 Å². The normalized spacial score (nSPS) is 10.4. The summed E-state index contributed by atoms with van der Waals surface area (Å²) < 4.78 is 31.6. The number of carbonyl (C=O) groups is 1. The SMILES string of the molecule is CC(=O)c1cc(C)ccc1OCc1cc(F)cc(F)c1. The number of benzene rings is 2. The van der Waals surface area contributed by atoms with E-state index in [9.17, 15) is 13.6 Å². The third-order valence-corrected chi connectivity index (χ3v) is 2.83. The molecule has 0 spiro atoms. The van der Waals surface area contributed by atoms with Crippen molar-refractivity contribution in [2.75, 3.05) is 0 Å². The molecular weight excluding hydrogens is 262 g/mol. The Morgan fingerprint density at radius 2 is 1.75 bits per heavy atom. The van der Waals surface area contributed by atoms with Crippen LogP contribution in [0.3, 0.4) is 0 Å². The Morgan fingerprint density at radius 3 is 2.35 bits per heavy atom. The minimum absolute atomic E-state index is 0.00196. The lowest BCUT2D eigenvalue weighted by atomic mass is 10.1. The van der Waals surface area contributed by atoms with Gasteiger partial charge in [-0.2, -0.15) is 0 Å². The average Bonchev–Trinajstić information content (AvgIpc) is 2.36. The topological polar surface area (TPSA) is 26.3 Å². The molecule has 2 aromatic rings. The molecule has 2 nitrogen and oxygen atoms in total. The van der Waals surface area contributed by atoms with Crippen LogP contribution < -0.4 is 4.74 Å². The van der Waals surface area contributed by atoms with Gasteiger partial charge in [0.2, 0.25) is 0 Å². The summed E-state index contributed by atoms with van der Waals surface area (Å²) >= 11 is 0. The Bertz CT molecular complexity index is 631. The molecule has 0 saturated carbocycles. The summed E-state index contributed by atoms with van der Waals surface area (Å²) in [6, 6.07) is 8.42. The number of halogens is 2. The van der Waals surface area contributed by atoms with Gasteiger partial charge in [0.05, 0.1) is 5.56 Å². The number of aryl methyl sites for hydroxylation is 1. The highest BCUT2D eigenvalue weighted by Crippen LogP contribution is 2.22. The zero-order valence-corrected chi connectivity index (χ0v) is 11.2. The summed E-state index contributed by atoms with van der Waals surface area (Å²) in [4.78, 5) is 11.5. The van der Waals surface area contributed by atoms with E-state index in [-0.39, 0.29) is 12.4 Å². The highest BCUT2D eigenvalue weighted by atomic mass is 19.1. The van der Waals surface area contributed by atoms with Crippen molar-refractivity contribution in [2.45, 2.75) is 20.5 Å². The van der Waals surface area contributed by atoms with Crippen LogP contribution in [-0.4, -0.2) is 5.78 Å². The molecule has 0 heterocycles. The lowest BCUT2D eigenvalue weighted by Crippen LogP contribution is -2.02. The van der Waals surface area contributed by atoms with Crippen molar-refractivity contribution in [1.29, 1.82) is 0 Å². The Kier molecular flexibility index (Phi) is 4.13. The van der Waals surface area contributed by atoms with E-state index in [2.05, 4.69) is 0 Å². The lowest BCUT2D eigenvalue weighted by Gasteiger charge is -2.11. The fourth-order valence-electron chi connectivity index (χ4n) is 1.90. The molecular formula is C16H14F2O2. The number of carbonyl (C=O) groups excluding carboxylic acids is 1. The predicted octanol–water partition coefficient (Wildman–Crippen LogP) is 4.05. The summed E-state index contributed by atoms with van der Waals surface area (Å²) in [5, 5.41) is 0. The van der Waals surface area contributed by atoms with Crippen molar-refractivity contribution in [2.24, 2.45) is 0 Å². The quantitative estimate of drug-likeness (QED) is 0.787. The third-order valence-electron chi connectivity index (χ3n) is 2.83. The van der Waals surface area contributed by atoms with Crippen molar-refractivity contribution in [3.63, 3.8) is 0 Å². The standard InChI is InChI=1S/C16H14F2O2/c1-10-3-4-16(15(5-10)11(2)19)20-9-12-6-13(17)8-14(18)7-12/h3-8H,9H2,1-2H3. The molecule has 0 bridgehead atoms. The summed E-state index contributed by atoms with van der Waals surface area (Å²) in [5.74, 6) is -1.01. The Morgan fingerprint density at radius 1 is 1.10 bits per heavy atom. The van der Waals surface area contributed by atoms with Crippen molar-refractivity contribution in [3.8, 4) is 5.75 Å². The van der Waals surface area contributed by atoms with Crippen LogP contribution in [0.2, 0.25) is 0 Å². The monoisotopic (exact) mass is 276 g/mol. The van der Waals surface area contributed by atoms with Crippen LogP contribution >= 0.6 is 0 Å². The van der Waals surface area contributed by atoms with Crippen LogP contribution in [0.15, 0.2) is 36.4 Å². The molecule has 0 N–H and O–H groups in total. The zero-order valence-electron chi connectivity index (χ0n) is 11.2. The number of ketones is 1. The van der Waals surface area contributed by atoms with Gasteiger partial charge in [-0.05, 0) is 43.7 Å². The molecule has 4 heteroatoms. The highest BCUT2D eigenvalue weighted by molar-refractivity contribution is 5.97. The molecule has 104 valence electrons. The van der Waals surface area contributed by atoms with E-state index < -0.39 is 11.6 Å². The van der Waals surface area contributed by atoms with Gasteiger partial charge in [0.25, 0.3) is 0 Å². The lowest BCUT2D eigenvalue weighted by molar-refractivity contribution is 0.101. The molecule has 0 aliphatic rings. The largest absolute Gasteiger partial charge is 0.488 e. The fourth-order valence-corrected chi connectivity index (χ4v) is 1.90. The maximum Gasteiger partial charge on any atom is 0.163 e. The first-order chi connectivity index (χ1) is 9.45. The number of hydrogen-bond donors (Lipinski definition) is 0. The molecule has 0 saturated heterocycles. The molecule has 0 fully saturated rings. The molecule has 20 heavy (non-hydrogen) atoms. The molecule has 0 atom stereocenters. The molecule has 0 radical (unpaired) electrons. The molecule has 0 aliphatic carbocycles. The van der Waals surface area contributed by atoms with Crippen LogP contribution in [0.25, 0.3) is 0 Å². The maximum atomic E-state index is 13.1. The summed E-state index contributed by atoms with van der Waals surface area (Å²) in [6.45, 7) is 3.32. The second-order valence-electron chi connectivity index (χ2n) is 4.62. The van der Waals surface area contributed by atoms with E-state index in [0.29, 0.717) is 16.9 Å². The van der Waals surface area contributed by atoms with E-state index in [1.165, 1.54) is 19.1 Å². The van der Waals surface area contributed by atoms with Crippen molar-refractivity contribution >= 4 is 5.78 Å². The van der Waals surface area contributed by atoms with Gasteiger partial charge in [-0.1, -0.05) is 11.6 Å². The van der Waals surface area contributed by atoms with E-state index in [0.717, 1.165) is 11.6 Å². The third kappa shape index (κ3) is 3.41. The minimum atomic E-state index is -0.653. The van der Waals surface area contributed by atoms with Crippen LogP contribution in [-0.2, 0) is 6.61 Å². The average molecular weight is 276 g/mol. The second-order valence-corrected chi connectivity index (χ2v) is 4.62. The first kappa shape index (κ1) is 14.2. The van der Waals surface area contributed by atoms with E-state index >= 15 is 0 Å². The summed E-state index contributed by atoms with van der Waals surface area (Å²) in [7, 11) is 0. The van der Waals surface area contributed by atoms with Gasteiger partial charge < -0.3 is 4.74 Å².